The zero-order valence-electron chi connectivity index (χ0n) is 18.1. The maximum atomic E-state index is 13.0. The number of likely N-dealkylation sites (tertiary alicyclic amines) is 1. The monoisotopic (exact) mass is 465 g/mol. The lowest BCUT2D eigenvalue weighted by atomic mass is 9.96. The molecule has 2 saturated heterocycles. The van der Waals surface area contributed by atoms with Crippen molar-refractivity contribution >= 4 is 40.7 Å². The Hall–Kier alpha value is -2.10. The Labute approximate surface area is 191 Å². The number of carbonyl (C=O) groups excluding carboxylic acids is 2. The molecule has 0 aromatic carbocycles. The molecule has 0 aliphatic carbocycles. The van der Waals surface area contributed by atoms with Gasteiger partial charge in [0.05, 0.1) is 29.8 Å². The molecular weight excluding hydrogens is 438 g/mol. The van der Waals surface area contributed by atoms with Gasteiger partial charge in [-0.05, 0) is 12.1 Å². The number of thiophene rings is 1. The second-order valence-corrected chi connectivity index (χ2v) is 10.8. The molecule has 0 spiro atoms. The molecule has 2 fully saturated rings. The summed E-state index contributed by atoms with van der Waals surface area (Å²) in [6, 6.07) is 5.81. The first kappa shape index (κ1) is 22.1. The van der Waals surface area contributed by atoms with Crippen LogP contribution in [0.25, 0.3) is 0 Å². The van der Waals surface area contributed by atoms with E-state index in [0.717, 1.165) is 14.9 Å². The smallest absolute Gasteiger partial charge is 0.320 e. The molecule has 0 atom stereocenters. The first-order valence-electron chi connectivity index (χ1n) is 10.5. The maximum absolute atomic E-state index is 13.0. The third-order valence-electron chi connectivity index (χ3n) is 5.49. The molecule has 2 aromatic heterocycles. The number of hydrogen-bond acceptors (Lipinski definition) is 6. The van der Waals surface area contributed by atoms with Crippen molar-refractivity contribution in [3.05, 3.63) is 33.1 Å². The van der Waals surface area contributed by atoms with E-state index in [-0.39, 0.29) is 17.9 Å². The van der Waals surface area contributed by atoms with Crippen LogP contribution in [0.1, 0.15) is 42.1 Å². The average molecular weight is 466 g/mol. The van der Waals surface area contributed by atoms with E-state index in [2.05, 4.69) is 10.4 Å². The fourth-order valence-corrected chi connectivity index (χ4v) is 4.63. The molecule has 1 N–H and O–H groups in total. The van der Waals surface area contributed by atoms with Crippen molar-refractivity contribution in [2.24, 2.45) is 5.41 Å². The molecule has 2 aliphatic rings. The molecule has 0 saturated carbocycles. The largest absolute Gasteiger partial charge is 0.378 e. The molecule has 31 heavy (non-hydrogen) atoms. The Morgan fingerprint density at radius 2 is 1.94 bits per heavy atom. The molecule has 2 aromatic rings. The zero-order valence-corrected chi connectivity index (χ0v) is 19.6. The summed E-state index contributed by atoms with van der Waals surface area (Å²) in [5.74, 6) is 0.708. The number of rotatable bonds is 4. The highest BCUT2D eigenvalue weighted by Gasteiger charge is 2.37. The summed E-state index contributed by atoms with van der Waals surface area (Å²) in [5.41, 5.74) is 0.263. The number of ether oxygens (including phenoxy) is 1. The van der Waals surface area contributed by atoms with E-state index in [9.17, 15) is 9.59 Å². The lowest BCUT2D eigenvalue weighted by Crippen LogP contribution is -2.56. The topological polar surface area (TPSA) is 79.7 Å². The number of halogens is 1. The first-order valence-corrected chi connectivity index (χ1v) is 11.7. The van der Waals surface area contributed by atoms with Crippen molar-refractivity contribution in [1.29, 1.82) is 0 Å². The van der Waals surface area contributed by atoms with Crippen molar-refractivity contribution in [2.75, 3.05) is 44.7 Å². The van der Waals surface area contributed by atoms with Crippen LogP contribution in [0.15, 0.2) is 18.2 Å². The normalized spacial score (nSPS) is 17.5. The van der Waals surface area contributed by atoms with Crippen molar-refractivity contribution in [3.8, 4) is 0 Å². The van der Waals surface area contributed by atoms with Crippen LogP contribution in [-0.4, -0.2) is 70.9 Å². The van der Waals surface area contributed by atoms with E-state index in [1.165, 1.54) is 16.0 Å². The molecule has 2 aliphatic heterocycles. The van der Waals surface area contributed by atoms with Crippen LogP contribution in [0, 0.1) is 5.41 Å². The fourth-order valence-electron chi connectivity index (χ4n) is 3.60. The molecule has 0 unspecified atom stereocenters. The van der Waals surface area contributed by atoms with Crippen molar-refractivity contribution < 1.29 is 14.3 Å². The van der Waals surface area contributed by atoms with Gasteiger partial charge >= 0.3 is 6.03 Å². The minimum Gasteiger partial charge on any atom is -0.378 e. The lowest BCUT2D eigenvalue weighted by Gasteiger charge is -2.42. The summed E-state index contributed by atoms with van der Waals surface area (Å²) in [4.78, 5) is 30.4. The van der Waals surface area contributed by atoms with E-state index < -0.39 is 5.41 Å². The summed E-state index contributed by atoms with van der Waals surface area (Å²) in [7, 11) is 0. The number of morpholine rings is 1. The lowest BCUT2D eigenvalue weighted by molar-refractivity contribution is 0.0346. The quantitative estimate of drug-likeness (QED) is 0.743. The number of hydrogen-bond donors (Lipinski definition) is 1. The Morgan fingerprint density at radius 3 is 2.55 bits per heavy atom. The molecule has 4 heterocycles. The van der Waals surface area contributed by atoms with Gasteiger partial charge < -0.3 is 19.9 Å². The third-order valence-corrected chi connectivity index (χ3v) is 6.72. The minimum atomic E-state index is -0.566. The number of amides is 2. The summed E-state index contributed by atoms with van der Waals surface area (Å²) in [6.45, 7) is 9.87. The van der Waals surface area contributed by atoms with E-state index in [1.54, 1.807) is 0 Å². The van der Waals surface area contributed by atoms with Crippen LogP contribution < -0.4 is 5.32 Å². The maximum Gasteiger partial charge on any atom is 0.320 e. The summed E-state index contributed by atoms with van der Waals surface area (Å²) in [6.07, 6.45) is 0. The van der Waals surface area contributed by atoms with Crippen LogP contribution >= 0.6 is 22.9 Å². The van der Waals surface area contributed by atoms with E-state index in [0.29, 0.717) is 51.8 Å². The average Bonchev–Trinajstić information content (AvgIpc) is 3.30. The third kappa shape index (κ3) is 4.88. The first-order chi connectivity index (χ1) is 14.7. The van der Waals surface area contributed by atoms with Gasteiger partial charge in [-0.2, -0.15) is 9.78 Å². The second kappa shape index (κ2) is 8.80. The molecule has 10 heteroatoms. The van der Waals surface area contributed by atoms with Gasteiger partial charge in [0.25, 0.3) is 5.91 Å². The SMILES string of the molecule is CC(C)(C)C(=O)n1nc(C2CN(C(=O)N3CCOCC3)C2)cc1NCc1ccc(Cl)s1. The van der Waals surface area contributed by atoms with Crippen molar-refractivity contribution in [1.82, 2.24) is 19.6 Å². The standard InChI is InChI=1S/C21H28ClN5O3S/c1-21(2,3)19(28)27-18(23-11-15-4-5-17(22)31-15)10-16(24-27)14-12-26(13-14)20(29)25-6-8-30-9-7-25/h4-5,10,14,23H,6-9,11-13H2,1-3H3. The van der Waals surface area contributed by atoms with Gasteiger partial charge in [0.15, 0.2) is 0 Å². The number of urea groups is 1. The van der Waals surface area contributed by atoms with Gasteiger partial charge in [-0.25, -0.2) is 4.79 Å². The fraction of sp³-hybridized carbons (Fsp3) is 0.571. The van der Waals surface area contributed by atoms with Crippen LogP contribution in [0.4, 0.5) is 10.6 Å². The molecule has 0 bridgehead atoms. The van der Waals surface area contributed by atoms with E-state index >= 15 is 0 Å². The highest BCUT2D eigenvalue weighted by Crippen LogP contribution is 2.31. The molecule has 8 nitrogen and oxygen atoms in total. The van der Waals surface area contributed by atoms with Gasteiger partial charge in [0.2, 0.25) is 0 Å². The predicted molar refractivity (Wildman–Crippen MR) is 121 cm³/mol. The van der Waals surface area contributed by atoms with Crippen LogP contribution in [-0.2, 0) is 11.3 Å². The zero-order chi connectivity index (χ0) is 22.2. The molecule has 4 rings (SSSR count). The summed E-state index contributed by atoms with van der Waals surface area (Å²) >= 11 is 7.53. The second-order valence-electron chi connectivity index (χ2n) is 8.96. The van der Waals surface area contributed by atoms with Gasteiger partial charge in [-0.3, -0.25) is 4.79 Å². The van der Waals surface area contributed by atoms with Crippen molar-refractivity contribution in [3.63, 3.8) is 0 Å². The minimum absolute atomic E-state index is 0.0534. The highest BCUT2D eigenvalue weighted by molar-refractivity contribution is 7.16. The number of aromatic nitrogens is 2. The molecule has 0 radical (unpaired) electrons. The Bertz CT molecular complexity index is 955. The summed E-state index contributed by atoms with van der Waals surface area (Å²) in [5, 5.41) is 7.97. The predicted octanol–water partition coefficient (Wildman–Crippen LogP) is 3.75. The van der Waals surface area contributed by atoms with Gasteiger partial charge in [0, 0.05) is 48.5 Å². The van der Waals surface area contributed by atoms with Crippen LogP contribution in [0.2, 0.25) is 4.34 Å². The van der Waals surface area contributed by atoms with Crippen LogP contribution in [0.5, 0.6) is 0 Å². The Kier molecular flexibility index (Phi) is 6.27. The van der Waals surface area contributed by atoms with Crippen LogP contribution in [0.3, 0.4) is 0 Å². The Balaban J connectivity index is 1.46. The van der Waals surface area contributed by atoms with E-state index in [4.69, 9.17) is 16.3 Å². The number of nitrogens with one attached hydrogen (secondary N) is 1. The van der Waals surface area contributed by atoms with Crippen molar-refractivity contribution in [2.45, 2.75) is 33.2 Å². The summed E-state index contributed by atoms with van der Waals surface area (Å²) < 4.78 is 7.52. The number of carbonyl (C=O) groups is 2. The highest BCUT2D eigenvalue weighted by atomic mass is 35.5. The van der Waals surface area contributed by atoms with Gasteiger partial charge in [0.1, 0.15) is 5.82 Å². The Morgan fingerprint density at radius 1 is 1.23 bits per heavy atom. The van der Waals surface area contributed by atoms with Gasteiger partial charge in [-0.1, -0.05) is 32.4 Å². The molecule has 168 valence electrons. The molecular formula is C21H28ClN5O3S. The number of nitrogens with zero attached hydrogens (tertiary/aromatic N) is 4. The number of anilines is 1. The molecule has 2 amide bonds. The van der Waals surface area contributed by atoms with E-state index in [1.807, 2.05) is 48.8 Å². The van der Waals surface area contributed by atoms with Gasteiger partial charge in [-0.15, -0.1) is 11.3 Å².